The summed E-state index contributed by atoms with van der Waals surface area (Å²) in [6.07, 6.45) is 5.03. The van der Waals surface area contributed by atoms with Gasteiger partial charge in [0.1, 0.15) is 9.77 Å². The molecule has 0 unspecified atom stereocenters. The molecular formula is C13H19NO4S2. The standard InChI is InChI=1S/C13H19NO4S2/c1-14(10-6-4-3-5-7-10)20(16,17)11-8-9-19-12(11)13(15)18-2/h8-10H,3-7H2,1-2H3. The molecule has 1 heterocycles. The number of hydrogen-bond acceptors (Lipinski definition) is 5. The van der Waals surface area contributed by atoms with Gasteiger partial charge in [-0.15, -0.1) is 11.3 Å². The van der Waals surface area contributed by atoms with Crippen molar-refractivity contribution >= 4 is 27.3 Å². The highest BCUT2D eigenvalue weighted by atomic mass is 32.2. The van der Waals surface area contributed by atoms with Crippen LogP contribution in [0.15, 0.2) is 16.3 Å². The van der Waals surface area contributed by atoms with E-state index in [1.807, 2.05) is 0 Å². The molecule has 0 aliphatic heterocycles. The molecule has 1 aromatic rings. The lowest BCUT2D eigenvalue weighted by Crippen LogP contribution is -2.38. The maximum Gasteiger partial charge on any atom is 0.349 e. The van der Waals surface area contributed by atoms with Gasteiger partial charge in [0.25, 0.3) is 0 Å². The second-order valence-corrected chi connectivity index (χ2v) is 7.80. The third kappa shape index (κ3) is 2.89. The van der Waals surface area contributed by atoms with Gasteiger partial charge in [0, 0.05) is 13.1 Å². The van der Waals surface area contributed by atoms with Crippen LogP contribution in [0.5, 0.6) is 0 Å². The number of ether oxygens (including phenoxy) is 1. The fourth-order valence-corrected chi connectivity index (χ4v) is 5.26. The van der Waals surface area contributed by atoms with Gasteiger partial charge in [-0.1, -0.05) is 19.3 Å². The highest BCUT2D eigenvalue weighted by Gasteiger charge is 2.33. The van der Waals surface area contributed by atoms with Gasteiger partial charge in [-0.05, 0) is 24.3 Å². The topological polar surface area (TPSA) is 63.7 Å². The van der Waals surface area contributed by atoms with Gasteiger partial charge in [0.05, 0.1) is 7.11 Å². The van der Waals surface area contributed by atoms with Crippen LogP contribution in [-0.2, 0) is 14.8 Å². The van der Waals surface area contributed by atoms with Crippen LogP contribution in [0.3, 0.4) is 0 Å². The molecule has 112 valence electrons. The third-order valence-electron chi connectivity index (χ3n) is 3.75. The van der Waals surface area contributed by atoms with E-state index < -0.39 is 16.0 Å². The van der Waals surface area contributed by atoms with E-state index in [0.717, 1.165) is 43.4 Å². The Balaban J connectivity index is 2.30. The number of carbonyl (C=O) groups excluding carboxylic acids is 1. The van der Waals surface area contributed by atoms with Crippen molar-refractivity contribution in [3.63, 3.8) is 0 Å². The molecule has 20 heavy (non-hydrogen) atoms. The number of rotatable bonds is 4. The summed E-state index contributed by atoms with van der Waals surface area (Å²) in [4.78, 5) is 11.9. The first-order chi connectivity index (χ1) is 9.48. The number of esters is 1. The summed E-state index contributed by atoms with van der Waals surface area (Å²) in [6.45, 7) is 0. The molecule has 0 amide bonds. The summed E-state index contributed by atoms with van der Waals surface area (Å²) in [6, 6.07) is 1.50. The molecule has 0 N–H and O–H groups in total. The lowest BCUT2D eigenvalue weighted by atomic mass is 9.96. The van der Waals surface area contributed by atoms with Crippen molar-refractivity contribution in [1.29, 1.82) is 0 Å². The van der Waals surface area contributed by atoms with Crippen LogP contribution in [0.1, 0.15) is 41.8 Å². The number of methoxy groups -OCH3 is 1. The number of thiophene rings is 1. The van der Waals surface area contributed by atoms with E-state index in [-0.39, 0.29) is 15.8 Å². The molecule has 1 saturated carbocycles. The first-order valence-electron chi connectivity index (χ1n) is 6.62. The molecule has 0 radical (unpaired) electrons. The van der Waals surface area contributed by atoms with Crippen LogP contribution in [0.2, 0.25) is 0 Å². The molecular weight excluding hydrogens is 298 g/mol. The molecule has 0 spiro atoms. The zero-order chi connectivity index (χ0) is 14.8. The van der Waals surface area contributed by atoms with E-state index in [9.17, 15) is 13.2 Å². The zero-order valence-electron chi connectivity index (χ0n) is 11.7. The van der Waals surface area contributed by atoms with E-state index in [1.54, 1.807) is 12.4 Å². The fraction of sp³-hybridized carbons (Fsp3) is 0.615. The zero-order valence-corrected chi connectivity index (χ0v) is 13.3. The van der Waals surface area contributed by atoms with Crippen molar-refractivity contribution in [3.8, 4) is 0 Å². The molecule has 0 bridgehead atoms. The van der Waals surface area contributed by atoms with Gasteiger partial charge in [0.2, 0.25) is 10.0 Å². The summed E-state index contributed by atoms with van der Waals surface area (Å²) in [5, 5.41) is 1.61. The Morgan fingerprint density at radius 1 is 1.35 bits per heavy atom. The average molecular weight is 317 g/mol. The van der Waals surface area contributed by atoms with Crippen molar-refractivity contribution in [2.75, 3.05) is 14.2 Å². The highest BCUT2D eigenvalue weighted by Crippen LogP contribution is 2.30. The summed E-state index contributed by atoms with van der Waals surface area (Å²) < 4.78 is 31.4. The Bertz CT molecular complexity index is 573. The number of sulfonamides is 1. The van der Waals surface area contributed by atoms with Crippen molar-refractivity contribution in [3.05, 3.63) is 16.3 Å². The van der Waals surface area contributed by atoms with Crippen molar-refractivity contribution in [1.82, 2.24) is 4.31 Å². The largest absolute Gasteiger partial charge is 0.465 e. The molecule has 0 aromatic carbocycles. The van der Waals surface area contributed by atoms with Crippen molar-refractivity contribution in [2.24, 2.45) is 0 Å². The Kier molecular flexibility index (Phi) is 4.82. The second-order valence-electron chi connectivity index (χ2n) is 4.92. The van der Waals surface area contributed by atoms with Crippen molar-refractivity contribution < 1.29 is 17.9 Å². The molecule has 5 nitrogen and oxygen atoms in total. The quantitative estimate of drug-likeness (QED) is 0.800. The first kappa shape index (κ1) is 15.5. The van der Waals surface area contributed by atoms with Crippen LogP contribution in [-0.4, -0.2) is 38.9 Å². The Morgan fingerprint density at radius 3 is 2.60 bits per heavy atom. The summed E-state index contributed by atoms with van der Waals surface area (Å²) in [5.74, 6) is -0.601. The van der Waals surface area contributed by atoms with Gasteiger partial charge in [0.15, 0.2) is 0 Å². The van der Waals surface area contributed by atoms with Crippen LogP contribution < -0.4 is 0 Å². The second kappa shape index (κ2) is 6.24. The molecule has 1 aliphatic carbocycles. The smallest absolute Gasteiger partial charge is 0.349 e. The van der Waals surface area contributed by atoms with E-state index in [4.69, 9.17) is 0 Å². The first-order valence-corrected chi connectivity index (χ1v) is 8.94. The minimum atomic E-state index is -3.64. The monoisotopic (exact) mass is 317 g/mol. The predicted molar refractivity (Wildman–Crippen MR) is 77.5 cm³/mol. The molecule has 7 heteroatoms. The molecule has 1 aliphatic rings. The van der Waals surface area contributed by atoms with E-state index in [0.29, 0.717) is 0 Å². The third-order valence-corrected chi connectivity index (χ3v) is 6.72. The Labute approximate surface area is 123 Å². The molecule has 1 aromatic heterocycles. The Morgan fingerprint density at radius 2 is 2.00 bits per heavy atom. The summed E-state index contributed by atoms with van der Waals surface area (Å²) in [7, 11) is -0.784. The van der Waals surface area contributed by atoms with E-state index in [1.165, 1.54) is 17.5 Å². The number of nitrogens with zero attached hydrogens (tertiary/aromatic N) is 1. The minimum absolute atomic E-state index is 0.0270. The Hall–Kier alpha value is -0.920. The van der Waals surface area contributed by atoms with Crippen molar-refractivity contribution in [2.45, 2.75) is 43.0 Å². The van der Waals surface area contributed by atoms with E-state index >= 15 is 0 Å². The fourth-order valence-electron chi connectivity index (χ4n) is 2.54. The van der Waals surface area contributed by atoms with Gasteiger partial charge in [-0.3, -0.25) is 0 Å². The van der Waals surface area contributed by atoms with Crippen LogP contribution >= 0.6 is 11.3 Å². The van der Waals surface area contributed by atoms with Gasteiger partial charge in [-0.25, -0.2) is 13.2 Å². The molecule has 0 saturated heterocycles. The average Bonchev–Trinajstić information content (AvgIpc) is 2.96. The number of hydrogen-bond donors (Lipinski definition) is 0. The summed E-state index contributed by atoms with van der Waals surface area (Å²) in [5.41, 5.74) is 0. The highest BCUT2D eigenvalue weighted by molar-refractivity contribution is 7.89. The molecule has 1 fully saturated rings. The van der Waals surface area contributed by atoms with Crippen LogP contribution in [0.25, 0.3) is 0 Å². The lowest BCUT2D eigenvalue weighted by molar-refractivity contribution is 0.0602. The van der Waals surface area contributed by atoms with Gasteiger partial charge >= 0.3 is 5.97 Å². The normalized spacial score (nSPS) is 17.4. The lowest BCUT2D eigenvalue weighted by Gasteiger charge is -2.30. The van der Waals surface area contributed by atoms with Crippen LogP contribution in [0.4, 0.5) is 0 Å². The SMILES string of the molecule is COC(=O)c1sccc1S(=O)(=O)N(C)C1CCCCC1. The predicted octanol–water partition coefficient (Wildman–Crippen LogP) is 2.49. The maximum absolute atomic E-state index is 12.7. The maximum atomic E-state index is 12.7. The van der Waals surface area contributed by atoms with E-state index in [2.05, 4.69) is 4.74 Å². The van der Waals surface area contributed by atoms with Gasteiger partial charge < -0.3 is 4.74 Å². The molecule has 0 atom stereocenters. The number of carbonyl (C=O) groups is 1. The summed E-state index contributed by atoms with van der Waals surface area (Å²) >= 11 is 1.09. The van der Waals surface area contributed by atoms with Crippen LogP contribution in [0, 0.1) is 0 Å². The molecule has 2 rings (SSSR count). The minimum Gasteiger partial charge on any atom is -0.465 e. The van der Waals surface area contributed by atoms with Gasteiger partial charge in [-0.2, -0.15) is 4.31 Å².